The van der Waals surface area contributed by atoms with Crippen LogP contribution in [0.1, 0.15) is 31.9 Å². The molecule has 0 saturated heterocycles. The summed E-state index contributed by atoms with van der Waals surface area (Å²) in [6, 6.07) is 8.24. The molecule has 0 bridgehead atoms. The van der Waals surface area contributed by atoms with Gasteiger partial charge in [-0.05, 0) is 42.2 Å². The van der Waals surface area contributed by atoms with Crippen LogP contribution < -0.4 is 18.6 Å². The van der Waals surface area contributed by atoms with E-state index in [0.29, 0.717) is 11.5 Å². The van der Waals surface area contributed by atoms with Crippen LogP contribution in [0.5, 0.6) is 23.0 Å². The third kappa shape index (κ3) is 3.93. The smallest absolute Gasteiger partial charge is 0.250 e. The van der Waals surface area contributed by atoms with E-state index < -0.39 is 8.32 Å². The molecule has 1 aliphatic rings. The molecule has 5 nitrogen and oxygen atoms in total. The molecule has 0 atom stereocenters. The number of benzene rings is 2. The number of nitrogens with zero attached hydrogens (tertiary/aromatic N) is 1. The topological polar surface area (TPSA) is 49.3 Å². The Labute approximate surface area is 181 Å². The van der Waals surface area contributed by atoms with Crippen molar-refractivity contribution in [3.8, 4) is 34.1 Å². The molecule has 0 aromatic heterocycles. The fraction of sp³-hybridized carbons (Fsp3) is 0.458. The van der Waals surface area contributed by atoms with Gasteiger partial charge in [-0.15, -0.1) is 0 Å². The molecule has 0 saturated carbocycles. The summed E-state index contributed by atoms with van der Waals surface area (Å²) in [6.07, 6.45) is 2.72. The first-order valence-electron chi connectivity index (χ1n) is 10.3. The maximum absolute atomic E-state index is 6.44. The number of aliphatic imine (C=N–C) groups is 1. The van der Waals surface area contributed by atoms with Gasteiger partial charge in [0.15, 0.2) is 11.5 Å². The number of rotatable bonds is 6. The predicted octanol–water partition coefficient (Wildman–Crippen LogP) is 5.74. The standard InChI is InChI=1S/C24H33NO4Si/c1-24(2,3)30(7,8)29-17-11-9-16(10-12-17)20-19-15-25-14-13-18(19)21(26-4)23(28-6)22(20)27-5/h9-12,15H,13-14H2,1-8H3. The van der Waals surface area contributed by atoms with Crippen LogP contribution in [0.3, 0.4) is 0 Å². The van der Waals surface area contributed by atoms with Gasteiger partial charge in [0.25, 0.3) is 0 Å². The summed E-state index contributed by atoms with van der Waals surface area (Å²) in [5.41, 5.74) is 4.11. The third-order valence-corrected chi connectivity index (χ3v) is 10.5. The second kappa shape index (κ2) is 8.34. The summed E-state index contributed by atoms with van der Waals surface area (Å²) in [4.78, 5) is 4.51. The average Bonchev–Trinajstić information content (AvgIpc) is 2.71. The number of methoxy groups -OCH3 is 3. The van der Waals surface area contributed by atoms with E-state index >= 15 is 0 Å². The fourth-order valence-electron chi connectivity index (χ4n) is 3.49. The largest absolute Gasteiger partial charge is 0.544 e. The van der Waals surface area contributed by atoms with Crippen molar-refractivity contribution in [3.05, 3.63) is 35.4 Å². The van der Waals surface area contributed by atoms with Crippen molar-refractivity contribution in [3.63, 3.8) is 0 Å². The number of hydrogen-bond acceptors (Lipinski definition) is 5. The van der Waals surface area contributed by atoms with Crippen LogP contribution in [-0.2, 0) is 6.42 Å². The van der Waals surface area contributed by atoms with Gasteiger partial charge in [-0.2, -0.15) is 0 Å². The van der Waals surface area contributed by atoms with E-state index in [0.717, 1.165) is 46.7 Å². The maximum atomic E-state index is 6.44. The quantitative estimate of drug-likeness (QED) is 0.552. The van der Waals surface area contributed by atoms with E-state index in [1.54, 1.807) is 21.3 Å². The molecular weight excluding hydrogens is 394 g/mol. The van der Waals surface area contributed by atoms with E-state index in [1.807, 2.05) is 18.3 Å². The van der Waals surface area contributed by atoms with Crippen LogP contribution in [0.25, 0.3) is 11.1 Å². The number of hydrogen-bond donors (Lipinski definition) is 0. The lowest BCUT2D eigenvalue weighted by atomic mass is 9.90. The molecule has 1 aliphatic heterocycles. The highest BCUT2D eigenvalue weighted by Gasteiger charge is 2.39. The highest BCUT2D eigenvalue weighted by molar-refractivity contribution is 6.74. The molecule has 6 heteroatoms. The third-order valence-electron chi connectivity index (χ3n) is 6.15. The Hall–Kier alpha value is -2.47. The minimum Gasteiger partial charge on any atom is -0.544 e. The van der Waals surface area contributed by atoms with Crippen molar-refractivity contribution in [2.75, 3.05) is 27.9 Å². The Morgan fingerprint density at radius 3 is 2.00 bits per heavy atom. The first-order valence-corrected chi connectivity index (χ1v) is 13.2. The van der Waals surface area contributed by atoms with Gasteiger partial charge < -0.3 is 18.6 Å². The van der Waals surface area contributed by atoms with Crippen LogP contribution in [0, 0.1) is 0 Å². The van der Waals surface area contributed by atoms with Crippen LogP contribution in [0.2, 0.25) is 18.1 Å². The van der Waals surface area contributed by atoms with Gasteiger partial charge in [-0.3, -0.25) is 4.99 Å². The zero-order chi connectivity index (χ0) is 22.1. The zero-order valence-corrected chi connectivity index (χ0v) is 20.4. The molecule has 0 unspecified atom stereocenters. The van der Waals surface area contributed by atoms with Gasteiger partial charge in [0, 0.05) is 29.4 Å². The molecule has 0 aliphatic carbocycles. The van der Waals surface area contributed by atoms with Crippen LogP contribution in [-0.4, -0.2) is 42.4 Å². The van der Waals surface area contributed by atoms with Gasteiger partial charge in [0.05, 0.1) is 21.3 Å². The first kappa shape index (κ1) is 22.2. The second-order valence-corrected chi connectivity index (χ2v) is 13.8. The summed E-state index contributed by atoms with van der Waals surface area (Å²) in [7, 11) is 3.07. The van der Waals surface area contributed by atoms with Crippen LogP contribution in [0.15, 0.2) is 29.3 Å². The zero-order valence-electron chi connectivity index (χ0n) is 19.4. The SMILES string of the molecule is COc1c2c(c(-c3ccc(O[Si](C)(C)C(C)(C)C)cc3)c(OC)c1OC)C=NCC2. The molecule has 3 rings (SSSR count). The minimum atomic E-state index is -1.89. The summed E-state index contributed by atoms with van der Waals surface area (Å²) in [6.45, 7) is 12.0. The Morgan fingerprint density at radius 2 is 1.47 bits per heavy atom. The monoisotopic (exact) mass is 427 g/mol. The van der Waals surface area contributed by atoms with Gasteiger partial charge in [-0.1, -0.05) is 32.9 Å². The lowest BCUT2D eigenvalue weighted by Gasteiger charge is -2.36. The molecule has 0 radical (unpaired) electrons. The lowest BCUT2D eigenvalue weighted by Crippen LogP contribution is -2.43. The van der Waals surface area contributed by atoms with Crippen molar-refractivity contribution < 1.29 is 18.6 Å². The van der Waals surface area contributed by atoms with Crippen molar-refractivity contribution in [2.45, 2.75) is 45.3 Å². The van der Waals surface area contributed by atoms with E-state index in [1.165, 1.54) is 0 Å². The molecule has 2 aromatic carbocycles. The van der Waals surface area contributed by atoms with Gasteiger partial charge in [-0.25, -0.2) is 0 Å². The number of ether oxygens (including phenoxy) is 3. The molecule has 2 aromatic rings. The summed E-state index contributed by atoms with van der Waals surface area (Å²) >= 11 is 0. The van der Waals surface area contributed by atoms with E-state index in [4.69, 9.17) is 18.6 Å². The lowest BCUT2D eigenvalue weighted by molar-refractivity contribution is 0.323. The summed E-state index contributed by atoms with van der Waals surface area (Å²) < 4.78 is 23.6. The summed E-state index contributed by atoms with van der Waals surface area (Å²) in [5.74, 6) is 2.88. The van der Waals surface area contributed by atoms with E-state index in [-0.39, 0.29) is 5.04 Å². The van der Waals surface area contributed by atoms with Crippen molar-refractivity contribution in [1.29, 1.82) is 0 Å². The van der Waals surface area contributed by atoms with Crippen molar-refractivity contribution in [2.24, 2.45) is 4.99 Å². The molecule has 0 N–H and O–H groups in total. The maximum Gasteiger partial charge on any atom is 0.250 e. The highest BCUT2D eigenvalue weighted by Crippen LogP contribution is 2.50. The molecule has 1 heterocycles. The molecule has 0 fully saturated rings. The molecule has 0 spiro atoms. The molecule has 0 amide bonds. The fourth-order valence-corrected chi connectivity index (χ4v) is 4.52. The first-order chi connectivity index (χ1) is 14.1. The Morgan fingerprint density at radius 1 is 0.867 bits per heavy atom. The number of fused-ring (bicyclic) bond motifs is 1. The van der Waals surface area contributed by atoms with Crippen molar-refractivity contribution >= 4 is 14.5 Å². The van der Waals surface area contributed by atoms with E-state index in [2.05, 4.69) is 51.0 Å². The summed E-state index contributed by atoms with van der Waals surface area (Å²) in [5, 5.41) is 0.147. The Kier molecular flexibility index (Phi) is 6.18. The predicted molar refractivity (Wildman–Crippen MR) is 126 cm³/mol. The normalized spacial score (nSPS) is 13.6. The molecule has 30 heavy (non-hydrogen) atoms. The minimum absolute atomic E-state index is 0.147. The average molecular weight is 428 g/mol. The van der Waals surface area contributed by atoms with Crippen LogP contribution >= 0.6 is 0 Å². The Balaban J connectivity index is 2.11. The van der Waals surface area contributed by atoms with Crippen molar-refractivity contribution in [1.82, 2.24) is 0 Å². The molecular formula is C24H33NO4Si. The Bertz CT molecular complexity index is 943. The highest BCUT2D eigenvalue weighted by atomic mass is 28.4. The van der Waals surface area contributed by atoms with E-state index in [9.17, 15) is 0 Å². The van der Waals surface area contributed by atoms with Crippen LogP contribution in [0.4, 0.5) is 0 Å². The van der Waals surface area contributed by atoms with Gasteiger partial charge in [0.1, 0.15) is 5.75 Å². The van der Waals surface area contributed by atoms with Gasteiger partial charge >= 0.3 is 0 Å². The van der Waals surface area contributed by atoms with Gasteiger partial charge in [0.2, 0.25) is 14.1 Å². The molecule has 162 valence electrons. The second-order valence-electron chi connectivity index (χ2n) is 9.04.